The number of imidazole rings is 1. The molecule has 2 heterocycles. The normalized spacial score (nSPS) is 11.4. The van der Waals surface area contributed by atoms with Crippen molar-refractivity contribution in [2.45, 2.75) is 6.18 Å². The molecule has 32 heavy (non-hydrogen) atoms. The number of carbonyl (C=O) groups is 1. The zero-order valence-electron chi connectivity index (χ0n) is 16.7. The second-order valence-electron chi connectivity index (χ2n) is 6.81. The average Bonchev–Trinajstić information content (AvgIpc) is 3.27. The van der Waals surface area contributed by atoms with Crippen LogP contribution in [0, 0.1) is 0 Å². The highest BCUT2D eigenvalue weighted by Crippen LogP contribution is 2.37. The van der Waals surface area contributed by atoms with Crippen LogP contribution in [-0.4, -0.2) is 32.7 Å². The van der Waals surface area contributed by atoms with Gasteiger partial charge in [0, 0.05) is 22.9 Å². The molecule has 9 heteroatoms. The molecule has 2 aromatic heterocycles. The monoisotopic (exact) mass is 439 g/mol. The number of carboxylic acid groups (broad SMARTS) is 1. The van der Waals surface area contributed by atoms with Crippen molar-refractivity contribution in [3.63, 3.8) is 0 Å². The molecule has 0 aliphatic rings. The number of alkyl halides is 3. The maximum atomic E-state index is 13.1. The van der Waals surface area contributed by atoms with E-state index >= 15 is 0 Å². The van der Waals surface area contributed by atoms with Crippen LogP contribution in [-0.2, 0) is 6.18 Å². The summed E-state index contributed by atoms with van der Waals surface area (Å²) in [5.74, 6) is -0.864. The van der Waals surface area contributed by atoms with Gasteiger partial charge in [0.15, 0.2) is 0 Å². The van der Waals surface area contributed by atoms with E-state index in [1.54, 1.807) is 36.2 Å². The fourth-order valence-corrected chi connectivity index (χ4v) is 3.48. The number of nitrogens with zero attached hydrogens (tertiary/aromatic N) is 3. The summed E-state index contributed by atoms with van der Waals surface area (Å²) in [5, 5.41) is 9.59. The molecule has 0 aliphatic heterocycles. The number of para-hydroxylation sites is 1. The van der Waals surface area contributed by atoms with Gasteiger partial charge < -0.3 is 9.84 Å². The van der Waals surface area contributed by atoms with Crippen LogP contribution < -0.4 is 4.74 Å². The summed E-state index contributed by atoms with van der Waals surface area (Å²) >= 11 is 0. The van der Waals surface area contributed by atoms with Crippen LogP contribution in [0.25, 0.3) is 28.1 Å². The first-order chi connectivity index (χ1) is 15.3. The molecule has 162 valence electrons. The van der Waals surface area contributed by atoms with Crippen LogP contribution in [0.5, 0.6) is 5.75 Å². The van der Waals surface area contributed by atoms with E-state index in [0.717, 1.165) is 23.3 Å². The lowest BCUT2D eigenvalue weighted by molar-refractivity contribution is -0.137. The Morgan fingerprint density at radius 1 is 1.00 bits per heavy atom. The molecule has 0 amide bonds. The topological polar surface area (TPSA) is 77.2 Å². The summed E-state index contributed by atoms with van der Waals surface area (Å²) in [5.41, 5.74) is 0.919. The Kier molecular flexibility index (Phi) is 5.40. The van der Waals surface area contributed by atoms with Crippen LogP contribution in [0.3, 0.4) is 0 Å². The molecule has 0 fully saturated rings. The summed E-state index contributed by atoms with van der Waals surface area (Å²) in [6.07, 6.45) is 1.35. The van der Waals surface area contributed by atoms with Crippen molar-refractivity contribution >= 4 is 5.97 Å². The number of ether oxygens (including phenoxy) is 1. The largest absolute Gasteiger partial charge is 0.496 e. The number of benzene rings is 2. The van der Waals surface area contributed by atoms with Gasteiger partial charge in [-0.2, -0.15) is 13.2 Å². The zero-order chi connectivity index (χ0) is 22.9. The van der Waals surface area contributed by atoms with Gasteiger partial charge in [-0.1, -0.05) is 24.3 Å². The molecule has 1 N–H and O–H groups in total. The van der Waals surface area contributed by atoms with Crippen molar-refractivity contribution in [2.24, 2.45) is 0 Å². The molecule has 0 radical (unpaired) electrons. The zero-order valence-corrected chi connectivity index (χ0v) is 16.7. The van der Waals surface area contributed by atoms with E-state index in [4.69, 9.17) is 4.74 Å². The highest BCUT2D eigenvalue weighted by Gasteiger charge is 2.32. The first-order valence-corrected chi connectivity index (χ1v) is 9.36. The molecular weight excluding hydrogens is 423 g/mol. The predicted molar refractivity (Wildman–Crippen MR) is 111 cm³/mol. The molecule has 0 saturated heterocycles. The van der Waals surface area contributed by atoms with Gasteiger partial charge in [0.25, 0.3) is 0 Å². The van der Waals surface area contributed by atoms with Crippen LogP contribution in [0.2, 0.25) is 0 Å². The second-order valence-corrected chi connectivity index (χ2v) is 6.81. The Labute approximate surface area is 180 Å². The quantitative estimate of drug-likeness (QED) is 0.455. The maximum Gasteiger partial charge on any atom is 0.416 e. The Hall–Kier alpha value is -4.14. The molecule has 2 aromatic carbocycles. The van der Waals surface area contributed by atoms with Gasteiger partial charge in [-0.3, -0.25) is 9.55 Å². The van der Waals surface area contributed by atoms with E-state index in [1.807, 2.05) is 18.2 Å². The Morgan fingerprint density at radius 2 is 1.78 bits per heavy atom. The number of aromatic nitrogens is 3. The van der Waals surface area contributed by atoms with Gasteiger partial charge in [-0.15, -0.1) is 0 Å². The van der Waals surface area contributed by atoms with Crippen molar-refractivity contribution in [3.8, 4) is 33.8 Å². The third kappa shape index (κ3) is 3.80. The van der Waals surface area contributed by atoms with E-state index in [2.05, 4.69) is 9.97 Å². The van der Waals surface area contributed by atoms with Crippen molar-refractivity contribution in [3.05, 3.63) is 84.6 Å². The van der Waals surface area contributed by atoms with Crippen LogP contribution in [0.15, 0.2) is 73.4 Å². The number of pyridine rings is 1. The fraction of sp³-hybridized carbons (Fsp3) is 0.0870. The number of rotatable bonds is 5. The van der Waals surface area contributed by atoms with Gasteiger partial charge >= 0.3 is 12.1 Å². The molecule has 0 spiro atoms. The second kappa shape index (κ2) is 8.18. The van der Waals surface area contributed by atoms with E-state index in [9.17, 15) is 23.1 Å². The third-order valence-corrected chi connectivity index (χ3v) is 4.95. The lowest BCUT2D eigenvalue weighted by atomic mass is 10.00. The molecule has 0 saturated carbocycles. The van der Waals surface area contributed by atoms with Gasteiger partial charge in [0.1, 0.15) is 5.75 Å². The van der Waals surface area contributed by atoms with Crippen molar-refractivity contribution in [1.82, 2.24) is 14.5 Å². The van der Waals surface area contributed by atoms with E-state index in [1.165, 1.54) is 12.5 Å². The SMILES string of the molecule is COc1ccccc1-c1ccncc1-n1cncc1-c1ccc(C(F)(F)F)cc1C(=O)O. The number of aromatic carboxylic acids is 1. The first-order valence-electron chi connectivity index (χ1n) is 9.36. The predicted octanol–water partition coefficient (Wildman–Crippen LogP) is 5.33. The molecular formula is C23H16F3N3O3. The van der Waals surface area contributed by atoms with Crippen LogP contribution >= 0.6 is 0 Å². The number of carboxylic acids is 1. The summed E-state index contributed by atoms with van der Waals surface area (Å²) in [6, 6.07) is 11.7. The molecule has 6 nitrogen and oxygen atoms in total. The molecule has 4 aromatic rings. The number of hydrogen-bond acceptors (Lipinski definition) is 4. The first kappa shape index (κ1) is 21.1. The van der Waals surface area contributed by atoms with Gasteiger partial charge in [-0.25, -0.2) is 9.78 Å². The highest BCUT2D eigenvalue weighted by atomic mass is 19.4. The smallest absolute Gasteiger partial charge is 0.416 e. The maximum absolute atomic E-state index is 13.1. The summed E-state index contributed by atoms with van der Waals surface area (Å²) in [7, 11) is 1.55. The van der Waals surface area contributed by atoms with Crippen molar-refractivity contribution in [1.29, 1.82) is 0 Å². The summed E-state index contributed by atoms with van der Waals surface area (Å²) < 4.78 is 46.4. The summed E-state index contributed by atoms with van der Waals surface area (Å²) in [6.45, 7) is 0. The van der Waals surface area contributed by atoms with Gasteiger partial charge in [-0.05, 0) is 24.3 Å². The standard InChI is InChI=1S/C23H16F3N3O3/c1-32-21-5-3-2-4-17(21)16-8-9-27-11-19(16)29-13-28-12-20(29)15-7-6-14(23(24,25)26)10-18(15)22(30)31/h2-13H,1H3,(H,30,31). The molecule has 0 bridgehead atoms. The average molecular weight is 439 g/mol. The lowest BCUT2D eigenvalue weighted by Crippen LogP contribution is -2.09. The van der Waals surface area contributed by atoms with Crippen LogP contribution in [0.4, 0.5) is 13.2 Å². The fourth-order valence-electron chi connectivity index (χ4n) is 3.48. The van der Waals surface area contributed by atoms with E-state index in [-0.39, 0.29) is 5.56 Å². The van der Waals surface area contributed by atoms with Gasteiger partial charge in [0.05, 0.1) is 48.3 Å². The number of methoxy groups -OCH3 is 1. The molecule has 0 aliphatic carbocycles. The highest BCUT2D eigenvalue weighted by molar-refractivity contribution is 5.96. The minimum Gasteiger partial charge on any atom is -0.496 e. The lowest BCUT2D eigenvalue weighted by Gasteiger charge is -2.16. The Morgan fingerprint density at radius 3 is 2.50 bits per heavy atom. The number of halogens is 3. The molecule has 0 atom stereocenters. The Balaban J connectivity index is 1.92. The van der Waals surface area contributed by atoms with E-state index in [0.29, 0.717) is 23.2 Å². The third-order valence-electron chi connectivity index (χ3n) is 4.95. The molecule has 4 rings (SSSR count). The summed E-state index contributed by atoms with van der Waals surface area (Å²) in [4.78, 5) is 20.1. The molecule has 0 unspecified atom stereocenters. The van der Waals surface area contributed by atoms with Crippen molar-refractivity contribution < 1.29 is 27.8 Å². The number of hydrogen-bond donors (Lipinski definition) is 1. The van der Waals surface area contributed by atoms with E-state index < -0.39 is 23.3 Å². The van der Waals surface area contributed by atoms with Gasteiger partial charge in [0.2, 0.25) is 0 Å². The van der Waals surface area contributed by atoms with Crippen LogP contribution in [0.1, 0.15) is 15.9 Å². The Bertz CT molecular complexity index is 1300. The van der Waals surface area contributed by atoms with Crippen molar-refractivity contribution in [2.75, 3.05) is 7.11 Å². The minimum absolute atomic E-state index is 0.0952. The minimum atomic E-state index is -4.66.